The van der Waals surface area contributed by atoms with Gasteiger partial charge in [-0.15, -0.1) is 0 Å². The van der Waals surface area contributed by atoms with E-state index in [0.29, 0.717) is 24.2 Å². The fourth-order valence-electron chi connectivity index (χ4n) is 2.97. The van der Waals surface area contributed by atoms with Crippen LogP contribution in [0.1, 0.15) is 29.6 Å². The fourth-order valence-corrected chi connectivity index (χ4v) is 4.49. The Morgan fingerprint density at radius 2 is 1.60 bits per heavy atom. The Labute approximate surface area is 146 Å². The van der Waals surface area contributed by atoms with E-state index in [4.69, 9.17) is 5.11 Å². The maximum Gasteiger partial charge on any atom is 0.335 e. The van der Waals surface area contributed by atoms with E-state index in [0.717, 1.165) is 19.3 Å². The second kappa shape index (κ2) is 6.85. The molecule has 3 rings (SSSR count). The van der Waals surface area contributed by atoms with Crippen LogP contribution in [0.2, 0.25) is 0 Å². The number of carbonyl (C=O) groups is 1. The van der Waals surface area contributed by atoms with Crippen molar-refractivity contribution in [1.29, 1.82) is 0 Å². The van der Waals surface area contributed by atoms with Crippen LogP contribution in [-0.4, -0.2) is 42.0 Å². The summed E-state index contributed by atoms with van der Waals surface area (Å²) in [5.41, 5.74) is 1.06. The Bertz CT molecular complexity index is 884. The molecule has 0 amide bonds. The SMILES string of the molecule is O=C(O)c1ccc(-c2ccc(S(=O)(=O)N3CCCCC3)cc2)c(O)c1. The lowest BCUT2D eigenvalue weighted by Gasteiger charge is -2.25. The van der Waals surface area contributed by atoms with Crippen molar-refractivity contribution in [3.8, 4) is 16.9 Å². The van der Waals surface area contributed by atoms with E-state index in [2.05, 4.69) is 0 Å². The average Bonchev–Trinajstić information content (AvgIpc) is 2.62. The number of aromatic carboxylic acids is 1. The molecule has 0 bridgehead atoms. The van der Waals surface area contributed by atoms with E-state index in [1.54, 1.807) is 12.1 Å². The summed E-state index contributed by atoms with van der Waals surface area (Å²) in [6.07, 6.45) is 2.80. The second-order valence-electron chi connectivity index (χ2n) is 6.03. The van der Waals surface area contributed by atoms with Crippen molar-refractivity contribution >= 4 is 16.0 Å². The van der Waals surface area contributed by atoms with Gasteiger partial charge in [0.25, 0.3) is 0 Å². The number of carboxylic acid groups (broad SMARTS) is 1. The quantitative estimate of drug-likeness (QED) is 0.873. The molecule has 0 spiro atoms. The molecule has 1 aliphatic rings. The molecule has 0 unspecified atom stereocenters. The van der Waals surface area contributed by atoms with Crippen LogP contribution in [0.4, 0.5) is 0 Å². The Morgan fingerprint density at radius 3 is 2.16 bits per heavy atom. The van der Waals surface area contributed by atoms with Crippen LogP contribution in [-0.2, 0) is 10.0 Å². The lowest BCUT2D eigenvalue weighted by Crippen LogP contribution is -2.35. The van der Waals surface area contributed by atoms with E-state index in [1.165, 1.54) is 34.6 Å². The summed E-state index contributed by atoms with van der Waals surface area (Å²) in [7, 11) is -3.50. The number of phenolic OH excluding ortho intramolecular Hbond substituents is 1. The lowest BCUT2D eigenvalue weighted by molar-refractivity contribution is 0.0696. The van der Waals surface area contributed by atoms with Crippen molar-refractivity contribution in [1.82, 2.24) is 4.31 Å². The Morgan fingerprint density at radius 1 is 0.960 bits per heavy atom. The monoisotopic (exact) mass is 361 g/mol. The summed E-state index contributed by atoms with van der Waals surface area (Å²) in [5, 5.41) is 19.0. The number of phenols is 1. The minimum Gasteiger partial charge on any atom is -0.507 e. The Kier molecular flexibility index (Phi) is 4.78. The van der Waals surface area contributed by atoms with Crippen molar-refractivity contribution in [3.63, 3.8) is 0 Å². The predicted molar refractivity (Wildman–Crippen MR) is 93.1 cm³/mol. The average molecular weight is 361 g/mol. The van der Waals surface area contributed by atoms with E-state index in [1.807, 2.05) is 0 Å². The molecule has 0 aliphatic carbocycles. The number of nitrogens with zero attached hydrogens (tertiary/aromatic N) is 1. The third kappa shape index (κ3) is 3.52. The highest BCUT2D eigenvalue weighted by molar-refractivity contribution is 7.89. The minimum atomic E-state index is -3.50. The highest BCUT2D eigenvalue weighted by Crippen LogP contribution is 2.31. The van der Waals surface area contributed by atoms with Crippen LogP contribution in [0.3, 0.4) is 0 Å². The molecule has 25 heavy (non-hydrogen) atoms. The zero-order valence-corrected chi connectivity index (χ0v) is 14.4. The van der Waals surface area contributed by atoms with E-state index >= 15 is 0 Å². The van der Waals surface area contributed by atoms with Gasteiger partial charge in [0.2, 0.25) is 10.0 Å². The standard InChI is InChI=1S/C18H19NO5S/c20-17-12-14(18(21)22)6-9-16(17)13-4-7-15(8-5-13)25(23,24)19-10-2-1-3-11-19/h4-9,12,20H,1-3,10-11H2,(H,21,22). The zero-order valence-electron chi connectivity index (χ0n) is 13.6. The van der Waals surface area contributed by atoms with E-state index < -0.39 is 16.0 Å². The number of hydrogen-bond donors (Lipinski definition) is 2. The van der Waals surface area contributed by atoms with Crippen LogP contribution >= 0.6 is 0 Å². The fraction of sp³-hybridized carbons (Fsp3) is 0.278. The van der Waals surface area contributed by atoms with Gasteiger partial charge in [0, 0.05) is 18.7 Å². The van der Waals surface area contributed by atoms with Gasteiger partial charge >= 0.3 is 5.97 Å². The Hall–Kier alpha value is -2.38. The minimum absolute atomic E-state index is 0.00875. The van der Waals surface area contributed by atoms with Gasteiger partial charge in [-0.05, 0) is 48.7 Å². The van der Waals surface area contributed by atoms with Gasteiger partial charge in [-0.25, -0.2) is 13.2 Å². The largest absolute Gasteiger partial charge is 0.507 e. The first kappa shape index (κ1) is 17.4. The zero-order chi connectivity index (χ0) is 18.0. The second-order valence-corrected chi connectivity index (χ2v) is 7.96. The summed E-state index contributed by atoms with van der Waals surface area (Å²) in [6, 6.07) is 10.4. The molecule has 2 N–H and O–H groups in total. The van der Waals surface area contributed by atoms with Crippen molar-refractivity contribution < 1.29 is 23.4 Å². The molecule has 132 valence electrons. The first-order valence-electron chi connectivity index (χ1n) is 8.06. The molecular formula is C18H19NO5S. The molecule has 0 atom stereocenters. The first-order valence-corrected chi connectivity index (χ1v) is 9.50. The molecule has 1 aliphatic heterocycles. The summed E-state index contributed by atoms with van der Waals surface area (Å²) >= 11 is 0. The summed E-state index contributed by atoms with van der Waals surface area (Å²) in [5.74, 6) is -1.28. The number of aromatic hydroxyl groups is 1. The van der Waals surface area contributed by atoms with E-state index in [-0.39, 0.29) is 16.2 Å². The Balaban J connectivity index is 1.89. The van der Waals surface area contributed by atoms with Crippen LogP contribution < -0.4 is 0 Å². The molecule has 6 nitrogen and oxygen atoms in total. The maximum atomic E-state index is 12.6. The number of sulfonamides is 1. The molecule has 0 aromatic heterocycles. The molecule has 1 fully saturated rings. The third-order valence-corrected chi connectivity index (χ3v) is 6.28. The predicted octanol–water partition coefficient (Wildman–Crippen LogP) is 2.93. The number of piperidine rings is 1. The molecule has 0 saturated carbocycles. The smallest absolute Gasteiger partial charge is 0.335 e. The van der Waals surface area contributed by atoms with Gasteiger partial charge in [0.15, 0.2) is 0 Å². The van der Waals surface area contributed by atoms with Crippen molar-refractivity contribution in [2.75, 3.05) is 13.1 Å². The first-order chi connectivity index (χ1) is 11.9. The number of hydrogen-bond acceptors (Lipinski definition) is 4. The maximum absolute atomic E-state index is 12.6. The lowest BCUT2D eigenvalue weighted by atomic mass is 10.0. The summed E-state index contributed by atoms with van der Waals surface area (Å²) in [4.78, 5) is 11.1. The van der Waals surface area contributed by atoms with Crippen LogP contribution in [0.25, 0.3) is 11.1 Å². The topological polar surface area (TPSA) is 94.9 Å². The molecule has 1 heterocycles. The highest BCUT2D eigenvalue weighted by atomic mass is 32.2. The van der Waals surface area contributed by atoms with Gasteiger partial charge in [-0.3, -0.25) is 0 Å². The number of benzene rings is 2. The van der Waals surface area contributed by atoms with Crippen LogP contribution in [0.5, 0.6) is 5.75 Å². The van der Waals surface area contributed by atoms with Gasteiger partial charge in [0.05, 0.1) is 10.5 Å². The van der Waals surface area contributed by atoms with Gasteiger partial charge in [-0.1, -0.05) is 18.6 Å². The van der Waals surface area contributed by atoms with Gasteiger partial charge < -0.3 is 10.2 Å². The summed E-state index contributed by atoms with van der Waals surface area (Å²) in [6.45, 7) is 1.09. The molecular weight excluding hydrogens is 342 g/mol. The van der Waals surface area contributed by atoms with Crippen molar-refractivity contribution in [2.24, 2.45) is 0 Å². The molecule has 1 saturated heterocycles. The summed E-state index contributed by atoms with van der Waals surface area (Å²) < 4.78 is 26.8. The third-order valence-electron chi connectivity index (χ3n) is 4.36. The van der Waals surface area contributed by atoms with Gasteiger partial charge in [0.1, 0.15) is 5.75 Å². The van der Waals surface area contributed by atoms with Crippen LogP contribution in [0.15, 0.2) is 47.4 Å². The molecule has 7 heteroatoms. The van der Waals surface area contributed by atoms with Gasteiger partial charge in [-0.2, -0.15) is 4.31 Å². The molecule has 2 aromatic rings. The number of carboxylic acids is 1. The van der Waals surface area contributed by atoms with Crippen molar-refractivity contribution in [2.45, 2.75) is 24.2 Å². The normalized spacial score (nSPS) is 15.8. The van der Waals surface area contributed by atoms with Crippen molar-refractivity contribution in [3.05, 3.63) is 48.0 Å². The van der Waals surface area contributed by atoms with Crippen LogP contribution in [0, 0.1) is 0 Å². The number of rotatable bonds is 4. The molecule has 2 aromatic carbocycles. The highest BCUT2D eigenvalue weighted by Gasteiger charge is 2.25. The van der Waals surface area contributed by atoms with E-state index in [9.17, 15) is 18.3 Å². The molecule has 0 radical (unpaired) electrons.